The molecule has 0 fully saturated rings. The molecule has 30 heavy (non-hydrogen) atoms. The zero-order valence-electron chi connectivity index (χ0n) is 15.9. The van der Waals surface area contributed by atoms with Gasteiger partial charge in [0.1, 0.15) is 0 Å². The van der Waals surface area contributed by atoms with Gasteiger partial charge in [0.25, 0.3) is 5.56 Å². The Hall–Kier alpha value is -3.72. The van der Waals surface area contributed by atoms with Gasteiger partial charge in [-0.2, -0.15) is 4.52 Å². The molecule has 0 aliphatic carbocycles. The summed E-state index contributed by atoms with van der Waals surface area (Å²) >= 11 is 1.40. The summed E-state index contributed by atoms with van der Waals surface area (Å²) in [6.07, 6.45) is 2.26. The second-order valence-electron chi connectivity index (χ2n) is 6.92. The van der Waals surface area contributed by atoms with Gasteiger partial charge in [0.05, 0.1) is 0 Å². The van der Waals surface area contributed by atoms with Crippen LogP contribution in [0, 0.1) is 0 Å². The lowest BCUT2D eigenvalue weighted by atomic mass is 9.98. The number of aromatic nitrogens is 3. The van der Waals surface area contributed by atoms with Crippen LogP contribution in [-0.2, 0) is 13.0 Å². The highest BCUT2D eigenvalue weighted by molar-refractivity contribution is 7.20. The van der Waals surface area contributed by atoms with Gasteiger partial charge in [-0.05, 0) is 35.7 Å². The number of benzene rings is 2. The molecule has 0 unspecified atom stereocenters. The van der Waals surface area contributed by atoms with Crippen LogP contribution in [0.5, 0.6) is 0 Å². The maximum atomic E-state index is 12.4. The molecule has 1 aliphatic heterocycles. The van der Waals surface area contributed by atoms with Crippen LogP contribution in [0.15, 0.2) is 65.6 Å². The lowest BCUT2D eigenvalue weighted by Crippen LogP contribution is -2.31. The first-order valence-corrected chi connectivity index (χ1v) is 10.3. The number of hydrogen-bond acceptors (Lipinski definition) is 6. The van der Waals surface area contributed by atoms with Crippen LogP contribution < -0.4 is 21.1 Å². The Morgan fingerprint density at radius 3 is 2.73 bits per heavy atom. The molecule has 2 aromatic carbocycles. The number of carbonyl (C=O) groups excluding carboxylic acids is 1. The summed E-state index contributed by atoms with van der Waals surface area (Å²) in [5, 5.41) is 11.0. The number of anilines is 3. The van der Waals surface area contributed by atoms with E-state index in [9.17, 15) is 9.59 Å². The summed E-state index contributed by atoms with van der Waals surface area (Å²) in [6, 6.07) is 16.4. The average molecular weight is 418 g/mol. The van der Waals surface area contributed by atoms with Crippen molar-refractivity contribution in [3.8, 4) is 0 Å². The smallest absolute Gasteiger partial charge is 0.323 e. The van der Waals surface area contributed by atoms with Gasteiger partial charge >= 0.3 is 6.03 Å². The number of urea groups is 1. The van der Waals surface area contributed by atoms with Crippen molar-refractivity contribution in [3.05, 3.63) is 82.3 Å². The predicted molar refractivity (Wildman–Crippen MR) is 117 cm³/mol. The van der Waals surface area contributed by atoms with Crippen molar-refractivity contribution in [2.75, 3.05) is 22.1 Å². The Bertz CT molecular complexity index is 1280. The maximum Gasteiger partial charge on any atom is 0.323 e. The van der Waals surface area contributed by atoms with E-state index in [0.717, 1.165) is 40.6 Å². The van der Waals surface area contributed by atoms with Gasteiger partial charge < -0.3 is 15.5 Å². The molecule has 9 heteroatoms. The van der Waals surface area contributed by atoms with Crippen molar-refractivity contribution >= 4 is 38.8 Å². The summed E-state index contributed by atoms with van der Waals surface area (Å²) in [6.45, 7) is 1.39. The molecule has 2 N–H and O–H groups in total. The number of para-hydroxylation sites is 1. The van der Waals surface area contributed by atoms with Crippen molar-refractivity contribution in [1.82, 2.24) is 14.6 Å². The first-order valence-electron chi connectivity index (χ1n) is 9.51. The second-order valence-corrected chi connectivity index (χ2v) is 7.86. The van der Waals surface area contributed by atoms with E-state index < -0.39 is 0 Å². The van der Waals surface area contributed by atoms with Gasteiger partial charge in [0, 0.05) is 36.7 Å². The fourth-order valence-electron chi connectivity index (χ4n) is 3.56. The molecule has 8 nitrogen and oxygen atoms in total. The molecule has 0 radical (unpaired) electrons. The zero-order chi connectivity index (χ0) is 20.5. The Morgan fingerprint density at radius 1 is 1.03 bits per heavy atom. The number of fused-ring (bicyclic) bond motifs is 2. The van der Waals surface area contributed by atoms with Crippen molar-refractivity contribution < 1.29 is 4.79 Å². The lowest BCUT2D eigenvalue weighted by molar-refractivity contribution is 0.262. The Labute approximate surface area is 175 Å². The number of rotatable bonds is 3. The summed E-state index contributed by atoms with van der Waals surface area (Å²) < 4.78 is 1.33. The molecule has 0 bridgehead atoms. The molecular weight excluding hydrogens is 400 g/mol. The summed E-state index contributed by atoms with van der Waals surface area (Å²) in [5.41, 5.74) is 3.61. The lowest BCUT2D eigenvalue weighted by Gasteiger charge is -2.29. The monoisotopic (exact) mass is 418 g/mol. The first-order chi connectivity index (χ1) is 14.7. The number of amides is 2. The molecule has 2 amide bonds. The highest BCUT2D eigenvalue weighted by Crippen LogP contribution is 2.31. The number of hydrogen-bond donors (Lipinski definition) is 2. The number of nitrogens with one attached hydrogen (secondary N) is 2. The minimum Gasteiger partial charge on any atom is -0.342 e. The molecule has 4 aromatic rings. The Kier molecular flexibility index (Phi) is 4.64. The third kappa shape index (κ3) is 3.50. The molecule has 0 saturated carbocycles. The van der Waals surface area contributed by atoms with Gasteiger partial charge in [-0.3, -0.25) is 4.79 Å². The first kappa shape index (κ1) is 18.3. The number of nitrogens with zero attached hydrogens (tertiary/aromatic N) is 4. The van der Waals surface area contributed by atoms with Crippen LogP contribution in [0.25, 0.3) is 4.96 Å². The minimum absolute atomic E-state index is 0.184. The topological polar surface area (TPSA) is 91.6 Å². The second kappa shape index (κ2) is 7.60. The molecule has 0 atom stereocenters. The zero-order valence-corrected chi connectivity index (χ0v) is 16.7. The summed E-state index contributed by atoms with van der Waals surface area (Å²) in [5.74, 6) is 0. The molecule has 0 spiro atoms. The molecule has 150 valence electrons. The summed E-state index contributed by atoms with van der Waals surface area (Å²) in [7, 11) is 0. The van der Waals surface area contributed by atoms with Crippen molar-refractivity contribution in [2.24, 2.45) is 0 Å². The predicted octanol–water partition coefficient (Wildman–Crippen LogP) is 3.36. The van der Waals surface area contributed by atoms with Crippen LogP contribution >= 0.6 is 11.3 Å². The maximum absolute atomic E-state index is 12.4. The molecule has 1 aliphatic rings. The van der Waals surface area contributed by atoms with E-state index in [0.29, 0.717) is 11.5 Å². The van der Waals surface area contributed by atoms with Crippen LogP contribution in [0.3, 0.4) is 0 Å². The highest BCUT2D eigenvalue weighted by Gasteiger charge is 2.22. The van der Waals surface area contributed by atoms with Crippen molar-refractivity contribution in [2.45, 2.75) is 13.0 Å². The van der Waals surface area contributed by atoms with Crippen LogP contribution in [0.2, 0.25) is 0 Å². The highest BCUT2D eigenvalue weighted by atomic mass is 32.1. The quantitative estimate of drug-likeness (QED) is 0.532. The standard InChI is InChI=1S/C21H18N6O2S/c28-18-9-11-22-20-27(18)25-21(30-20)26-12-10-16-14(13-26)5-4-8-17(16)24-19(29)23-15-6-2-1-3-7-15/h1-9,11H,10,12-13H2,(H2,23,24,29). The Balaban J connectivity index is 1.35. The van der Waals surface area contributed by atoms with E-state index >= 15 is 0 Å². The number of carbonyl (C=O) groups is 1. The van der Waals surface area contributed by atoms with Crippen LogP contribution in [-0.4, -0.2) is 27.2 Å². The largest absolute Gasteiger partial charge is 0.342 e. The molecule has 3 heterocycles. The van der Waals surface area contributed by atoms with Gasteiger partial charge in [-0.1, -0.05) is 41.7 Å². The third-order valence-corrected chi connectivity index (χ3v) is 5.96. The van der Waals surface area contributed by atoms with E-state index in [-0.39, 0.29) is 11.6 Å². The normalized spacial score (nSPS) is 13.1. The molecule has 5 rings (SSSR count). The Morgan fingerprint density at radius 2 is 1.90 bits per heavy atom. The van der Waals surface area contributed by atoms with Crippen LogP contribution in [0.4, 0.5) is 21.3 Å². The van der Waals surface area contributed by atoms with Crippen molar-refractivity contribution in [1.29, 1.82) is 0 Å². The molecular formula is C21H18N6O2S. The van der Waals surface area contributed by atoms with Gasteiger partial charge in [0.15, 0.2) is 0 Å². The van der Waals surface area contributed by atoms with Gasteiger partial charge in [0.2, 0.25) is 10.1 Å². The summed E-state index contributed by atoms with van der Waals surface area (Å²) in [4.78, 5) is 31.3. The molecule has 2 aromatic heterocycles. The third-order valence-electron chi connectivity index (χ3n) is 4.98. The van der Waals surface area contributed by atoms with E-state index in [1.54, 1.807) is 0 Å². The molecule has 0 saturated heterocycles. The minimum atomic E-state index is -0.270. The van der Waals surface area contributed by atoms with E-state index in [4.69, 9.17) is 0 Å². The SMILES string of the molecule is O=C(Nc1ccccc1)Nc1cccc2c1CCN(c1nn3c(=O)ccnc3s1)C2. The van der Waals surface area contributed by atoms with E-state index in [2.05, 4.69) is 31.7 Å². The van der Waals surface area contributed by atoms with Gasteiger partial charge in [-0.25, -0.2) is 9.78 Å². The van der Waals surface area contributed by atoms with Crippen LogP contribution in [0.1, 0.15) is 11.1 Å². The van der Waals surface area contributed by atoms with Crippen molar-refractivity contribution in [3.63, 3.8) is 0 Å². The van der Waals surface area contributed by atoms with Gasteiger partial charge in [-0.15, -0.1) is 5.10 Å². The fraction of sp³-hybridized carbons (Fsp3) is 0.143. The van der Waals surface area contributed by atoms with E-state index in [1.807, 2.05) is 42.5 Å². The fourth-order valence-corrected chi connectivity index (χ4v) is 4.46. The van der Waals surface area contributed by atoms with E-state index in [1.165, 1.54) is 28.1 Å². The average Bonchev–Trinajstić information content (AvgIpc) is 3.20.